The average molecular weight is 655 g/mol. The Balaban J connectivity index is 2.41. The van der Waals surface area contributed by atoms with Gasteiger partial charge in [-0.2, -0.15) is 0 Å². The van der Waals surface area contributed by atoms with E-state index < -0.39 is 0 Å². The first kappa shape index (κ1) is 40.8. The van der Waals surface area contributed by atoms with Gasteiger partial charge < -0.3 is 19.7 Å². The maximum Gasteiger partial charge on any atom is 0.127 e. The molecule has 0 spiro atoms. The summed E-state index contributed by atoms with van der Waals surface area (Å²) in [5.74, 6) is 0.905. The lowest BCUT2D eigenvalue weighted by atomic mass is 9.96. The fraction of sp³-hybridized carbons (Fsp3) is 0.500. The smallest absolute Gasteiger partial charge is 0.127 e. The Morgan fingerprint density at radius 2 is 1.50 bits per heavy atom. The molecule has 0 aliphatic heterocycles. The number of anilines is 1. The van der Waals surface area contributed by atoms with Gasteiger partial charge in [0.25, 0.3) is 0 Å². The minimum Gasteiger partial charge on any atom is -0.493 e. The molecule has 0 amide bonds. The van der Waals surface area contributed by atoms with Crippen molar-refractivity contribution in [2.24, 2.45) is 0 Å². The molecule has 0 radical (unpaired) electrons. The number of nitrogens with zero attached hydrogens (tertiary/aromatic N) is 1. The molecule has 0 atom stereocenters. The second kappa shape index (κ2) is 26.6. The van der Waals surface area contributed by atoms with Crippen LogP contribution in [0.5, 0.6) is 5.75 Å². The Morgan fingerprint density at radius 1 is 0.771 bits per heavy atom. The molecule has 1 N–H and O–H groups in total. The third kappa shape index (κ3) is 16.7. The van der Waals surface area contributed by atoms with Crippen molar-refractivity contribution < 1.29 is 9.47 Å². The fourth-order valence-corrected chi connectivity index (χ4v) is 5.46. The van der Waals surface area contributed by atoms with Gasteiger partial charge in [0.15, 0.2) is 0 Å². The quantitative estimate of drug-likeness (QED) is 0.0590. The predicted molar refractivity (Wildman–Crippen MR) is 213 cm³/mol. The van der Waals surface area contributed by atoms with Crippen molar-refractivity contribution in [3.8, 4) is 5.75 Å². The van der Waals surface area contributed by atoms with Crippen LogP contribution in [0.25, 0.3) is 18.2 Å². The summed E-state index contributed by atoms with van der Waals surface area (Å²) in [6.07, 6.45) is 29.9. The molecule has 2 aromatic carbocycles. The van der Waals surface area contributed by atoms with Gasteiger partial charge in [-0.15, -0.1) is 0 Å². The SMILES string of the molecule is C=C/C=C(\C=C/CNCCCC)/C=C/c1cc(CCCCC)c(/C=C/c2ccc(N(CCCC)CCCC)cc2)cc1OCCCOC. The molecule has 0 bridgehead atoms. The highest BCUT2D eigenvalue weighted by Gasteiger charge is 2.10. The average Bonchev–Trinajstić information content (AvgIpc) is 3.10. The van der Waals surface area contributed by atoms with E-state index in [9.17, 15) is 0 Å². The lowest BCUT2D eigenvalue weighted by Gasteiger charge is -2.24. The van der Waals surface area contributed by atoms with Crippen LogP contribution >= 0.6 is 0 Å². The molecule has 0 aromatic heterocycles. The monoisotopic (exact) mass is 655 g/mol. The molecule has 0 unspecified atom stereocenters. The van der Waals surface area contributed by atoms with Crippen molar-refractivity contribution in [3.63, 3.8) is 0 Å². The van der Waals surface area contributed by atoms with E-state index in [4.69, 9.17) is 9.47 Å². The highest BCUT2D eigenvalue weighted by atomic mass is 16.5. The number of ether oxygens (including phenoxy) is 2. The van der Waals surface area contributed by atoms with Crippen molar-refractivity contribution in [2.45, 2.75) is 98.3 Å². The Labute approximate surface area is 294 Å². The van der Waals surface area contributed by atoms with E-state index in [1.807, 2.05) is 6.08 Å². The third-order valence-corrected chi connectivity index (χ3v) is 8.39. The van der Waals surface area contributed by atoms with Crippen LogP contribution in [-0.4, -0.2) is 46.5 Å². The first-order chi connectivity index (χ1) is 23.6. The molecular formula is C44H66N2O2. The summed E-state index contributed by atoms with van der Waals surface area (Å²) in [5, 5.41) is 3.48. The van der Waals surface area contributed by atoms with Gasteiger partial charge in [-0.3, -0.25) is 0 Å². The van der Waals surface area contributed by atoms with Gasteiger partial charge in [0.2, 0.25) is 0 Å². The fourth-order valence-electron chi connectivity index (χ4n) is 5.46. The van der Waals surface area contributed by atoms with Gasteiger partial charge in [0.05, 0.1) is 6.61 Å². The number of hydrogen-bond donors (Lipinski definition) is 1. The molecule has 2 aromatic rings. The molecule has 0 saturated heterocycles. The number of allylic oxidation sites excluding steroid dienone is 5. The summed E-state index contributed by atoms with van der Waals surface area (Å²) < 4.78 is 11.7. The predicted octanol–water partition coefficient (Wildman–Crippen LogP) is 11.5. The molecule has 48 heavy (non-hydrogen) atoms. The Kier molecular flexibility index (Phi) is 22.6. The Bertz CT molecular complexity index is 1250. The van der Waals surface area contributed by atoms with Crippen LogP contribution in [0.1, 0.15) is 114 Å². The summed E-state index contributed by atoms with van der Waals surface area (Å²) in [5.41, 5.74) is 7.33. The first-order valence-corrected chi connectivity index (χ1v) is 18.8. The normalized spacial score (nSPS) is 12.1. The van der Waals surface area contributed by atoms with Gasteiger partial charge in [0, 0.05) is 51.0 Å². The topological polar surface area (TPSA) is 33.7 Å². The number of benzene rings is 2. The standard InChI is InChI=1S/C44H66N2O2/c1-7-12-16-21-40-36-42(27-23-38(19-11-5)20-17-31-45-30-13-8-2)44(48-35-18-34-47-6)37-41(40)26-22-39-24-28-43(29-25-39)46(32-14-9-3)33-15-10-4/h11,17,19-20,22-29,36-37,45H,5,7-10,12-16,18,21,30-35H2,1-4,6H3/b20-17-,26-22+,27-23+,38-19+. The van der Waals surface area contributed by atoms with Crippen LogP contribution in [0.3, 0.4) is 0 Å². The lowest BCUT2D eigenvalue weighted by Crippen LogP contribution is -2.25. The van der Waals surface area contributed by atoms with Crippen molar-refractivity contribution >= 4 is 23.9 Å². The third-order valence-electron chi connectivity index (χ3n) is 8.39. The van der Waals surface area contributed by atoms with E-state index in [0.29, 0.717) is 13.2 Å². The molecular weight excluding hydrogens is 588 g/mol. The number of nitrogens with one attached hydrogen (secondary N) is 1. The number of aryl methyl sites for hydroxylation is 1. The minimum absolute atomic E-state index is 0.611. The summed E-state index contributed by atoms with van der Waals surface area (Å²) in [7, 11) is 1.74. The van der Waals surface area contributed by atoms with Crippen LogP contribution in [-0.2, 0) is 11.2 Å². The number of unbranched alkanes of at least 4 members (excludes halogenated alkanes) is 5. The van der Waals surface area contributed by atoms with Crippen molar-refractivity contribution in [2.75, 3.05) is 51.4 Å². The highest BCUT2D eigenvalue weighted by Crippen LogP contribution is 2.29. The van der Waals surface area contributed by atoms with Crippen LogP contribution in [0.2, 0.25) is 0 Å². The number of methoxy groups -OCH3 is 1. The highest BCUT2D eigenvalue weighted by molar-refractivity contribution is 5.75. The summed E-state index contributed by atoms with van der Waals surface area (Å²) in [6.45, 7) is 18.4. The van der Waals surface area contributed by atoms with Gasteiger partial charge in [-0.25, -0.2) is 0 Å². The van der Waals surface area contributed by atoms with Crippen LogP contribution in [0.4, 0.5) is 5.69 Å². The lowest BCUT2D eigenvalue weighted by molar-refractivity contribution is 0.172. The zero-order valence-electron chi connectivity index (χ0n) is 31.1. The summed E-state index contributed by atoms with van der Waals surface area (Å²) in [6, 6.07) is 13.7. The van der Waals surface area contributed by atoms with Gasteiger partial charge in [-0.05, 0) is 85.2 Å². The molecule has 2 rings (SSSR count). The van der Waals surface area contributed by atoms with Crippen LogP contribution < -0.4 is 15.0 Å². The number of rotatable bonds is 27. The van der Waals surface area contributed by atoms with Crippen LogP contribution in [0.15, 0.2) is 78.9 Å². The first-order valence-electron chi connectivity index (χ1n) is 18.8. The van der Waals surface area contributed by atoms with E-state index in [-0.39, 0.29) is 0 Å². The molecule has 0 aliphatic carbocycles. The summed E-state index contributed by atoms with van der Waals surface area (Å²) >= 11 is 0. The van der Waals surface area contributed by atoms with E-state index in [0.717, 1.165) is 55.9 Å². The van der Waals surface area contributed by atoms with Crippen LogP contribution in [0, 0.1) is 0 Å². The van der Waals surface area contributed by atoms with Crippen molar-refractivity contribution in [1.29, 1.82) is 0 Å². The molecule has 0 aliphatic rings. The minimum atomic E-state index is 0.611. The molecule has 264 valence electrons. The largest absolute Gasteiger partial charge is 0.493 e. The van der Waals surface area contributed by atoms with E-state index in [2.05, 4.69) is 123 Å². The Morgan fingerprint density at radius 3 is 2.17 bits per heavy atom. The zero-order valence-corrected chi connectivity index (χ0v) is 31.1. The second-order valence-corrected chi connectivity index (χ2v) is 12.6. The maximum atomic E-state index is 6.41. The van der Waals surface area contributed by atoms with Crippen molar-refractivity contribution in [1.82, 2.24) is 5.32 Å². The van der Waals surface area contributed by atoms with Gasteiger partial charge >= 0.3 is 0 Å². The molecule has 0 heterocycles. The van der Waals surface area contributed by atoms with E-state index in [1.54, 1.807) is 7.11 Å². The molecule has 4 nitrogen and oxygen atoms in total. The molecule has 4 heteroatoms. The van der Waals surface area contributed by atoms with E-state index >= 15 is 0 Å². The molecule has 0 saturated carbocycles. The van der Waals surface area contributed by atoms with Gasteiger partial charge in [-0.1, -0.05) is 127 Å². The summed E-state index contributed by atoms with van der Waals surface area (Å²) in [4.78, 5) is 2.54. The Hall–Kier alpha value is -3.34. The number of hydrogen-bond acceptors (Lipinski definition) is 4. The van der Waals surface area contributed by atoms with Gasteiger partial charge in [0.1, 0.15) is 5.75 Å². The maximum absolute atomic E-state index is 6.41. The molecule has 0 fully saturated rings. The zero-order chi connectivity index (χ0) is 34.7. The van der Waals surface area contributed by atoms with E-state index in [1.165, 1.54) is 80.2 Å². The van der Waals surface area contributed by atoms with Crippen molar-refractivity contribution in [3.05, 3.63) is 101 Å². The second-order valence-electron chi connectivity index (χ2n) is 12.6.